The van der Waals surface area contributed by atoms with Crippen molar-refractivity contribution in [2.45, 2.75) is 0 Å². The van der Waals surface area contributed by atoms with E-state index in [1.54, 1.807) is 18.6 Å². The molecule has 0 fully saturated rings. The maximum atomic E-state index is 4.59. The van der Waals surface area contributed by atoms with Crippen LogP contribution in [0.4, 0.5) is 0 Å². The molecule has 0 saturated heterocycles. The molecular formula is C18H12N4. The number of benzene rings is 1. The van der Waals surface area contributed by atoms with E-state index in [2.05, 4.69) is 19.9 Å². The zero-order chi connectivity index (χ0) is 14.8. The largest absolute Gasteiger partial charge is 0.265 e. The van der Waals surface area contributed by atoms with E-state index in [4.69, 9.17) is 0 Å². The second-order valence-electron chi connectivity index (χ2n) is 4.92. The Balaban J connectivity index is 1.80. The number of pyridine rings is 2. The fourth-order valence-electron chi connectivity index (χ4n) is 2.35. The van der Waals surface area contributed by atoms with Crippen LogP contribution in [-0.2, 0) is 0 Å². The molecule has 4 heteroatoms. The molecule has 0 amide bonds. The summed E-state index contributed by atoms with van der Waals surface area (Å²) in [5.41, 5.74) is 5.39. The van der Waals surface area contributed by atoms with Crippen LogP contribution in [0, 0.1) is 0 Å². The van der Waals surface area contributed by atoms with Gasteiger partial charge in [0.05, 0.1) is 11.9 Å². The van der Waals surface area contributed by atoms with E-state index in [-0.39, 0.29) is 0 Å². The maximum Gasteiger partial charge on any atom is 0.178 e. The van der Waals surface area contributed by atoms with E-state index in [0.29, 0.717) is 5.65 Å². The molecule has 0 saturated carbocycles. The third-order valence-corrected chi connectivity index (χ3v) is 3.48. The smallest absolute Gasteiger partial charge is 0.178 e. The molecule has 22 heavy (non-hydrogen) atoms. The van der Waals surface area contributed by atoms with Crippen LogP contribution in [0.5, 0.6) is 0 Å². The highest BCUT2D eigenvalue weighted by Gasteiger charge is 2.05. The molecule has 3 heterocycles. The van der Waals surface area contributed by atoms with Crippen molar-refractivity contribution in [3.63, 3.8) is 0 Å². The number of fused-ring (bicyclic) bond motifs is 1. The maximum absolute atomic E-state index is 4.59. The Morgan fingerprint density at radius 3 is 2.32 bits per heavy atom. The van der Waals surface area contributed by atoms with Crippen molar-refractivity contribution in [3.8, 4) is 22.4 Å². The minimum absolute atomic E-state index is 0.652. The summed E-state index contributed by atoms with van der Waals surface area (Å²) in [5, 5.41) is 0. The summed E-state index contributed by atoms with van der Waals surface area (Å²) >= 11 is 0. The van der Waals surface area contributed by atoms with Gasteiger partial charge in [-0.15, -0.1) is 0 Å². The second-order valence-corrected chi connectivity index (χ2v) is 4.92. The molecule has 104 valence electrons. The Morgan fingerprint density at radius 1 is 0.682 bits per heavy atom. The highest BCUT2D eigenvalue weighted by molar-refractivity contribution is 5.79. The van der Waals surface area contributed by atoms with Crippen molar-refractivity contribution in [3.05, 3.63) is 73.3 Å². The van der Waals surface area contributed by atoms with Gasteiger partial charge in [-0.05, 0) is 23.8 Å². The van der Waals surface area contributed by atoms with E-state index < -0.39 is 0 Å². The molecule has 0 atom stereocenters. The minimum atomic E-state index is 0.652. The summed E-state index contributed by atoms with van der Waals surface area (Å²) in [6, 6.07) is 15.9. The zero-order valence-corrected chi connectivity index (χ0v) is 11.7. The van der Waals surface area contributed by atoms with Crippen molar-refractivity contribution in [2.24, 2.45) is 0 Å². The number of rotatable bonds is 2. The molecular weight excluding hydrogens is 272 g/mol. The lowest BCUT2D eigenvalue weighted by Gasteiger charge is -2.04. The Hall–Kier alpha value is -3.14. The molecule has 0 spiro atoms. The molecule has 0 aliphatic rings. The predicted molar refractivity (Wildman–Crippen MR) is 86.0 cm³/mol. The van der Waals surface area contributed by atoms with Gasteiger partial charge in [0, 0.05) is 29.7 Å². The monoisotopic (exact) mass is 284 g/mol. The van der Waals surface area contributed by atoms with Gasteiger partial charge >= 0.3 is 0 Å². The molecule has 4 aromatic rings. The van der Waals surface area contributed by atoms with Crippen LogP contribution in [0.25, 0.3) is 33.5 Å². The number of hydrogen-bond donors (Lipinski definition) is 0. The fourth-order valence-corrected chi connectivity index (χ4v) is 2.35. The minimum Gasteiger partial charge on any atom is -0.265 e. The van der Waals surface area contributed by atoms with Gasteiger partial charge in [0.2, 0.25) is 0 Å². The van der Waals surface area contributed by atoms with Gasteiger partial charge in [-0.3, -0.25) is 9.97 Å². The molecule has 4 rings (SSSR count). The Morgan fingerprint density at radius 2 is 1.50 bits per heavy atom. The molecule has 0 aliphatic carbocycles. The van der Waals surface area contributed by atoms with E-state index in [1.807, 2.05) is 54.7 Å². The third kappa shape index (κ3) is 2.31. The van der Waals surface area contributed by atoms with Gasteiger partial charge in [-0.25, -0.2) is 9.97 Å². The summed E-state index contributed by atoms with van der Waals surface area (Å²) in [5.74, 6) is 0. The van der Waals surface area contributed by atoms with E-state index in [1.165, 1.54) is 0 Å². The van der Waals surface area contributed by atoms with Crippen molar-refractivity contribution in [1.82, 2.24) is 19.9 Å². The lowest BCUT2D eigenvalue weighted by Crippen LogP contribution is -1.92. The first-order chi connectivity index (χ1) is 10.9. The average Bonchev–Trinajstić information content (AvgIpc) is 2.62. The lowest BCUT2D eigenvalue weighted by molar-refractivity contribution is 1.22. The van der Waals surface area contributed by atoms with Crippen LogP contribution in [0.3, 0.4) is 0 Å². The average molecular weight is 284 g/mol. The van der Waals surface area contributed by atoms with Crippen LogP contribution in [-0.4, -0.2) is 19.9 Å². The molecule has 0 radical (unpaired) electrons. The normalized spacial score (nSPS) is 10.7. The van der Waals surface area contributed by atoms with Crippen LogP contribution < -0.4 is 0 Å². The standard InChI is InChI=1S/C18H12N4/c1-2-4-14(5-3-1)17-12-20-16-10-15(11-21-18(16)22-17)13-6-8-19-9-7-13/h1-12H. The Kier molecular flexibility index (Phi) is 3.05. The van der Waals surface area contributed by atoms with E-state index in [0.717, 1.165) is 27.9 Å². The van der Waals surface area contributed by atoms with Gasteiger partial charge in [-0.1, -0.05) is 30.3 Å². The highest BCUT2D eigenvalue weighted by Crippen LogP contribution is 2.22. The number of hydrogen-bond acceptors (Lipinski definition) is 4. The van der Waals surface area contributed by atoms with Gasteiger partial charge < -0.3 is 0 Å². The fraction of sp³-hybridized carbons (Fsp3) is 0. The summed E-state index contributed by atoms with van der Waals surface area (Å²) in [4.78, 5) is 17.6. The van der Waals surface area contributed by atoms with Gasteiger partial charge in [-0.2, -0.15) is 0 Å². The molecule has 4 nitrogen and oxygen atoms in total. The first-order valence-electron chi connectivity index (χ1n) is 6.99. The third-order valence-electron chi connectivity index (χ3n) is 3.48. The Bertz CT molecular complexity index is 842. The summed E-state index contributed by atoms with van der Waals surface area (Å²) in [6.45, 7) is 0. The van der Waals surface area contributed by atoms with Crippen molar-refractivity contribution in [1.29, 1.82) is 0 Å². The van der Waals surface area contributed by atoms with Crippen molar-refractivity contribution >= 4 is 11.2 Å². The molecule has 1 aromatic carbocycles. The number of aromatic nitrogens is 4. The zero-order valence-electron chi connectivity index (χ0n) is 11.7. The van der Waals surface area contributed by atoms with Crippen LogP contribution in [0.15, 0.2) is 73.3 Å². The van der Waals surface area contributed by atoms with Crippen LogP contribution >= 0.6 is 0 Å². The van der Waals surface area contributed by atoms with Gasteiger partial charge in [0.25, 0.3) is 0 Å². The van der Waals surface area contributed by atoms with E-state index in [9.17, 15) is 0 Å². The first-order valence-corrected chi connectivity index (χ1v) is 6.99. The quantitative estimate of drug-likeness (QED) is 0.562. The lowest BCUT2D eigenvalue weighted by atomic mass is 10.1. The molecule has 0 bridgehead atoms. The summed E-state index contributed by atoms with van der Waals surface area (Å²) in [7, 11) is 0. The van der Waals surface area contributed by atoms with Gasteiger partial charge in [0.1, 0.15) is 5.52 Å². The van der Waals surface area contributed by atoms with Crippen molar-refractivity contribution < 1.29 is 0 Å². The summed E-state index contributed by atoms with van der Waals surface area (Å²) in [6.07, 6.45) is 7.14. The van der Waals surface area contributed by atoms with Gasteiger partial charge in [0.15, 0.2) is 5.65 Å². The summed E-state index contributed by atoms with van der Waals surface area (Å²) < 4.78 is 0. The molecule has 0 N–H and O–H groups in total. The van der Waals surface area contributed by atoms with E-state index >= 15 is 0 Å². The second kappa shape index (κ2) is 5.33. The molecule has 3 aromatic heterocycles. The predicted octanol–water partition coefficient (Wildman–Crippen LogP) is 3.75. The molecule has 0 unspecified atom stereocenters. The molecule has 0 aliphatic heterocycles. The topological polar surface area (TPSA) is 51.6 Å². The first kappa shape index (κ1) is 12.6. The number of nitrogens with zero attached hydrogens (tertiary/aromatic N) is 4. The Labute approximate surface area is 127 Å². The van der Waals surface area contributed by atoms with Crippen molar-refractivity contribution in [2.75, 3.05) is 0 Å². The van der Waals surface area contributed by atoms with Crippen LogP contribution in [0.2, 0.25) is 0 Å². The highest BCUT2D eigenvalue weighted by atomic mass is 14.9. The SMILES string of the molecule is c1ccc(-c2cnc3cc(-c4ccncc4)cnc3n2)cc1. The van der Waals surface area contributed by atoms with Crippen LogP contribution in [0.1, 0.15) is 0 Å².